The van der Waals surface area contributed by atoms with E-state index in [-0.39, 0.29) is 30.8 Å². The number of hydrogen-bond donors (Lipinski definition) is 1. The molecule has 33 heavy (non-hydrogen) atoms. The van der Waals surface area contributed by atoms with Crippen LogP contribution in [0.1, 0.15) is 23.6 Å². The molecule has 3 aromatic carbocycles. The maximum Gasteiger partial charge on any atom is 0.261 e. The predicted molar refractivity (Wildman–Crippen MR) is 126 cm³/mol. The molecule has 5 nitrogen and oxygen atoms in total. The van der Waals surface area contributed by atoms with Crippen molar-refractivity contribution in [2.24, 2.45) is 0 Å². The number of rotatable bonds is 10. The first kappa shape index (κ1) is 24.0. The van der Waals surface area contributed by atoms with E-state index in [0.29, 0.717) is 18.7 Å². The third-order valence-electron chi connectivity index (χ3n) is 5.27. The Kier molecular flexibility index (Phi) is 8.58. The van der Waals surface area contributed by atoms with Crippen molar-refractivity contribution in [2.45, 2.75) is 32.9 Å². The van der Waals surface area contributed by atoms with Crippen LogP contribution in [0, 0.1) is 12.7 Å². The normalized spacial score (nSPS) is 11.5. The molecule has 0 saturated carbocycles. The molecule has 0 spiro atoms. The van der Waals surface area contributed by atoms with E-state index in [4.69, 9.17) is 4.74 Å². The summed E-state index contributed by atoms with van der Waals surface area (Å²) in [7, 11) is 0. The largest absolute Gasteiger partial charge is 0.484 e. The Morgan fingerprint density at radius 3 is 2.24 bits per heavy atom. The van der Waals surface area contributed by atoms with Crippen LogP contribution in [0.5, 0.6) is 5.75 Å². The molecule has 3 aromatic rings. The summed E-state index contributed by atoms with van der Waals surface area (Å²) in [5, 5.41) is 2.84. The summed E-state index contributed by atoms with van der Waals surface area (Å²) in [4.78, 5) is 27.9. The molecule has 0 aromatic heterocycles. The van der Waals surface area contributed by atoms with Gasteiger partial charge in [-0.3, -0.25) is 9.59 Å². The first-order valence-electron chi connectivity index (χ1n) is 11.0. The van der Waals surface area contributed by atoms with Gasteiger partial charge < -0.3 is 15.0 Å². The zero-order valence-electron chi connectivity index (χ0n) is 19.0. The Balaban J connectivity index is 1.87. The molecular weight excluding hydrogens is 419 g/mol. The zero-order chi connectivity index (χ0) is 23.6. The minimum Gasteiger partial charge on any atom is -0.484 e. The van der Waals surface area contributed by atoms with E-state index in [0.717, 1.165) is 16.7 Å². The Hall–Kier alpha value is -3.67. The smallest absolute Gasteiger partial charge is 0.261 e. The SMILES string of the molecule is CCNC(=O)[C@@H](Cc1ccccc1)N(Cc1ccc(F)cc1)C(=O)COc1ccc(C)cc1. The number of hydrogen-bond acceptors (Lipinski definition) is 3. The maximum atomic E-state index is 13.4. The highest BCUT2D eigenvalue weighted by Gasteiger charge is 2.30. The number of benzene rings is 3. The van der Waals surface area contributed by atoms with Crippen LogP contribution in [0.4, 0.5) is 4.39 Å². The molecular formula is C27H29FN2O3. The lowest BCUT2D eigenvalue weighted by molar-refractivity contribution is -0.142. The summed E-state index contributed by atoms with van der Waals surface area (Å²) >= 11 is 0. The van der Waals surface area contributed by atoms with E-state index in [1.165, 1.54) is 17.0 Å². The van der Waals surface area contributed by atoms with Crippen molar-refractivity contribution in [3.8, 4) is 5.75 Å². The standard InChI is InChI=1S/C27H29FN2O3/c1-3-29-27(32)25(17-21-7-5-4-6-8-21)30(18-22-11-13-23(28)14-12-22)26(31)19-33-24-15-9-20(2)10-16-24/h4-16,25H,3,17-19H2,1-2H3,(H,29,32)/t25-/m1/s1. The van der Waals surface area contributed by atoms with Crippen molar-refractivity contribution in [3.63, 3.8) is 0 Å². The summed E-state index contributed by atoms with van der Waals surface area (Å²) < 4.78 is 19.1. The monoisotopic (exact) mass is 448 g/mol. The Morgan fingerprint density at radius 2 is 1.61 bits per heavy atom. The topological polar surface area (TPSA) is 58.6 Å². The van der Waals surface area contributed by atoms with Crippen molar-refractivity contribution in [3.05, 3.63) is 101 Å². The fourth-order valence-corrected chi connectivity index (χ4v) is 3.49. The zero-order valence-corrected chi connectivity index (χ0v) is 19.0. The van der Waals surface area contributed by atoms with Crippen LogP contribution in [0.25, 0.3) is 0 Å². The minimum atomic E-state index is -0.744. The van der Waals surface area contributed by atoms with Crippen LogP contribution in [0.2, 0.25) is 0 Å². The number of carbonyl (C=O) groups is 2. The Morgan fingerprint density at radius 1 is 0.939 bits per heavy atom. The highest BCUT2D eigenvalue weighted by atomic mass is 19.1. The summed E-state index contributed by atoms with van der Waals surface area (Å²) in [6.07, 6.45) is 0.351. The van der Waals surface area contributed by atoms with Gasteiger partial charge in [0, 0.05) is 19.5 Å². The van der Waals surface area contributed by atoms with Gasteiger partial charge in [0.2, 0.25) is 5.91 Å². The summed E-state index contributed by atoms with van der Waals surface area (Å²) in [5.41, 5.74) is 2.75. The van der Waals surface area contributed by atoms with E-state index >= 15 is 0 Å². The van der Waals surface area contributed by atoms with Gasteiger partial charge in [-0.2, -0.15) is 0 Å². The van der Waals surface area contributed by atoms with Crippen molar-refractivity contribution in [1.82, 2.24) is 10.2 Å². The highest BCUT2D eigenvalue weighted by Crippen LogP contribution is 2.17. The van der Waals surface area contributed by atoms with Crippen LogP contribution in [0.3, 0.4) is 0 Å². The number of ether oxygens (including phenoxy) is 1. The molecule has 0 saturated heterocycles. The number of carbonyl (C=O) groups excluding carboxylic acids is 2. The molecule has 0 radical (unpaired) electrons. The molecule has 3 rings (SSSR count). The number of aryl methyl sites for hydroxylation is 1. The lowest BCUT2D eigenvalue weighted by Gasteiger charge is -2.31. The summed E-state index contributed by atoms with van der Waals surface area (Å²) in [6.45, 7) is 4.20. The van der Waals surface area contributed by atoms with Gasteiger partial charge in [-0.05, 0) is 49.2 Å². The van der Waals surface area contributed by atoms with Crippen molar-refractivity contribution >= 4 is 11.8 Å². The van der Waals surface area contributed by atoms with Crippen LogP contribution >= 0.6 is 0 Å². The van der Waals surface area contributed by atoms with Gasteiger partial charge in [0.1, 0.15) is 17.6 Å². The van der Waals surface area contributed by atoms with Crippen LogP contribution < -0.4 is 10.1 Å². The molecule has 0 heterocycles. The molecule has 0 unspecified atom stereocenters. The van der Waals surface area contributed by atoms with Crippen LogP contribution in [0.15, 0.2) is 78.9 Å². The van der Waals surface area contributed by atoms with E-state index in [9.17, 15) is 14.0 Å². The molecule has 1 N–H and O–H groups in total. The summed E-state index contributed by atoms with van der Waals surface area (Å²) in [6, 6.07) is 22.2. The number of amides is 2. The first-order valence-corrected chi connectivity index (χ1v) is 11.0. The van der Waals surface area contributed by atoms with Gasteiger partial charge >= 0.3 is 0 Å². The molecule has 0 aliphatic carbocycles. The number of nitrogens with zero attached hydrogens (tertiary/aromatic N) is 1. The fourth-order valence-electron chi connectivity index (χ4n) is 3.49. The lowest BCUT2D eigenvalue weighted by atomic mass is 10.0. The summed E-state index contributed by atoms with van der Waals surface area (Å²) in [5.74, 6) is -0.351. The van der Waals surface area contributed by atoms with Crippen molar-refractivity contribution in [2.75, 3.05) is 13.2 Å². The van der Waals surface area contributed by atoms with Crippen molar-refractivity contribution < 1.29 is 18.7 Å². The number of nitrogens with one attached hydrogen (secondary N) is 1. The van der Waals surface area contributed by atoms with Crippen LogP contribution in [-0.2, 0) is 22.6 Å². The second kappa shape index (κ2) is 11.8. The molecule has 0 aliphatic rings. The Labute approximate surface area is 194 Å². The molecule has 172 valence electrons. The van der Waals surface area contributed by atoms with Gasteiger partial charge in [-0.15, -0.1) is 0 Å². The fraction of sp³-hybridized carbons (Fsp3) is 0.259. The molecule has 0 bridgehead atoms. The predicted octanol–water partition coefficient (Wildman–Crippen LogP) is 4.29. The maximum absolute atomic E-state index is 13.4. The van der Waals surface area contributed by atoms with Gasteiger partial charge in [-0.25, -0.2) is 4.39 Å². The molecule has 0 aliphatic heterocycles. The molecule has 2 amide bonds. The van der Waals surface area contributed by atoms with E-state index in [2.05, 4.69) is 5.32 Å². The van der Waals surface area contributed by atoms with Gasteiger partial charge in [-0.1, -0.05) is 60.2 Å². The highest BCUT2D eigenvalue weighted by molar-refractivity contribution is 5.88. The van der Waals surface area contributed by atoms with Gasteiger partial charge in [0.15, 0.2) is 6.61 Å². The average molecular weight is 449 g/mol. The van der Waals surface area contributed by atoms with Gasteiger partial charge in [0.05, 0.1) is 0 Å². The molecule has 1 atom stereocenters. The first-order chi connectivity index (χ1) is 16.0. The molecule has 6 heteroatoms. The minimum absolute atomic E-state index is 0.158. The second-order valence-corrected chi connectivity index (χ2v) is 7.85. The third kappa shape index (κ3) is 7.17. The van der Waals surface area contributed by atoms with Gasteiger partial charge in [0.25, 0.3) is 5.91 Å². The second-order valence-electron chi connectivity index (χ2n) is 7.85. The van der Waals surface area contributed by atoms with Crippen molar-refractivity contribution in [1.29, 1.82) is 0 Å². The van der Waals surface area contributed by atoms with E-state index in [1.54, 1.807) is 24.3 Å². The van der Waals surface area contributed by atoms with E-state index < -0.39 is 6.04 Å². The number of likely N-dealkylation sites (N-methyl/N-ethyl adjacent to an activating group) is 1. The van der Waals surface area contributed by atoms with Crippen LogP contribution in [-0.4, -0.2) is 35.9 Å². The lowest BCUT2D eigenvalue weighted by Crippen LogP contribution is -2.51. The molecule has 0 fully saturated rings. The third-order valence-corrected chi connectivity index (χ3v) is 5.27. The van der Waals surface area contributed by atoms with E-state index in [1.807, 2.05) is 56.3 Å². The quantitative estimate of drug-likeness (QED) is 0.503. The number of halogens is 1. The Bertz CT molecular complexity index is 1040. The average Bonchev–Trinajstić information content (AvgIpc) is 2.82.